The maximum absolute atomic E-state index is 9.36. The molecule has 1 fully saturated rings. The normalized spacial score (nSPS) is 15.9. The Kier molecular flexibility index (Phi) is 3.42. The molecule has 3 rings (SSSR count). The number of anilines is 1. The van der Waals surface area contributed by atoms with E-state index in [2.05, 4.69) is 11.1 Å². The minimum absolute atomic E-state index is 0.307. The fourth-order valence-corrected chi connectivity index (χ4v) is 2.99. The molecule has 2 aromatic heterocycles. The Morgan fingerprint density at radius 3 is 2.75 bits per heavy atom. The number of furan rings is 1. The highest BCUT2D eigenvalue weighted by atomic mass is 16.3. The van der Waals surface area contributed by atoms with Gasteiger partial charge in [0.05, 0.1) is 11.8 Å². The van der Waals surface area contributed by atoms with Gasteiger partial charge in [-0.25, -0.2) is 4.98 Å². The second-order valence-electron chi connectivity index (χ2n) is 5.28. The Hall–Kier alpha value is -2.28. The summed E-state index contributed by atoms with van der Waals surface area (Å²) in [5, 5.41) is 9.36. The lowest BCUT2D eigenvalue weighted by Crippen LogP contribution is -2.09. The summed E-state index contributed by atoms with van der Waals surface area (Å²) >= 11 is 0. The minimum Gasteiger partial charge on any atom is -0.463 e. The van der Waals surface area contributed by atoms with Crippen molar-refractivity contribution in [1.29, 1.82) is 5.26 Å². The maximum atomic E-state index is 9.36. The quantitative estimate of drug-likeness (QED) is 0.896. The van der Waals surface area contributed by atoms with Gasteiger partial charge in [-0.3, -0.25) is 0 Å². The Morgan fingerprint density at radius 2 is 2.10 bits per heavy atom. The molecule has 2 heterocycles. The van der Waals surface area contributed by atoms with Gasteiger partial charge in [-0.15, -0.1) is 0 Å². The summed E-state index contributed by atoms with van der Waals surface area (Å²) in [6.07, 6.45) is 7.57. The summed E-state index contributed by atoms with van der Waals surface area (Å²) in [5.74, 6) is 1.41. The van der Waals surface area contributed by atoms with Crippen LogP contribution < -0.4 is 5.73 Å². The average Bonchev–Trinajstić information content (AvgIpc) is 3.01. The van der Waals surface area contributed by atoms with Crippen molar-refractivity contribution >= 4 is 5.82 Å². The van der Waals surface area contributed by atoms with Crippen LogP contribution in [0.15, 0.2) is 28.9 Å². The zero-order valence-electron chi connectivity index (χ0n) is 11.3. The van der Waals surface area contributed by atoms with Crippen LogP contribution in [0.1, 0.15) is 49.1 Å². The van der Waals surface area contributed by atoms with Crippen LogP contribution in [0.3, 0.4) is 0 Å². The third kappa shape index (κ3) is 2.27. The number of aromatic nitrogens is 1. The molecule has 1 saturated carbocycles. The molecule has 102 valence electrons. The van der Waals surface area contributed by atoms with Gasteiger partial charge in [0.2, 0.25) is 0 Å². The molecule has 0 amide bonds. The lowest BCUT2D eigenvalue weighted by Gasteiger charge is -2.23. The summed E-state index contributed by atoms with van der Waals surface area (Å²) < 4.78 is 5.39. The van der Waals surface area contributed by atoms with E-state index in [1.807, 2.05) is 18.2 Å². The van der Waals surface area contributed by atoms with Gasteiger partial charge in [-0.05, 0) is 42.5 Å². The predicted molar refractivity (Wildman–Crippen MR) is 76.9 cm³/mol. The van der Waals surface area contributed by atoms with E-state index in [1.54, 1.807) is 6.26 Å². The van der Waals surface area contributed by atoms with Gasteiger partial charge in [0, 0.05) is 0 Å². The van der Waals surface area contributed by atoms with Crippen LogP contribution >= 0.6 is 0 Å². The largest absolute Gasteiger partial charge is 0.463 e. The fraction of sp³-hybridized carbons (Fsp3) is 0.375. The lowest BCUT2D eigenvalue weighted by molar-refractivity contribution is 0.443. The van der Waals surface area contributed by atoms with Crippen molar-refractivity contribution in [1.82, 2.24) is 4.98 Å². The van der Waals surface area contributed by atoms with Crippen molar-refractivity contribution in [2.24, 2.45) is 0 Å². The second kappa shape index (κ2) is 5.38. The number of pyridine rings is 1. The van der Waals surface area contributed by atoms with Crippen LogP contribution in [0.2, 0.25) is 0 Å². The molecule has 2 N–H and O–H groups in total. The Bertz CT molecular complexity index is 634. The molecule has 0 unspecified atom stereocenters. The van der Waals surface area contributed by atoms with Crippen LogP contribution in [0.4, 0.5) is 5.82 Å². The molecule has 0 aliphatic heterocycles. The van der Waals surface area contributed by atoms with Gasteiger partial charge in [0.25, 0.3) is 0 Å². The molecule has 2 aromatic rings. The molecule has 0 bridgehead atoms. The first kappa shape index (κ1) is 12.7. The molecule has 4 heteroatoms. The molecule has 0 spiro atoms. The topological polar surface area (TPSA) is 75.8 Å². The van der Waals surface area contributed by atoms with Gasteiger partial charge in [-0.1, -0.05) is 19.3 Å². The van der Waals surface area contributed by atoms with E-state index in [4.69, 9.17) is 10.2 Å². The number of nitrogens with zero attached hydrogens (tertiary/aromatic N) is 2. The van der Waals surface area contributed by atoms with Crippen molar-refractivity contribution in [3.8, 4) is 17.5 Å². The zero-order valence-corrected chi connectivity index (χ0v) is 11.3. The van der Waals surface area contributed by atoms with Crippen LogP contribution in [0.25, 0.3) is 11.5 Å². The summed E-state index contributed by atoms with van der Waals surface area (Å²) in [6.45, 7) is 0. The van der Waals surface area contributed by atoms with E-state index in [0.717, 1.165) is 18.4 Å². The molecular formula is C16H17N3O. The number of rotatable bonds is 2. The molecular weight excluding hydrogens is 250 g/mol. The number of nitriles is 1. The third-order valence-corrected chi connectivity index (χ3v) is 4.01. The minimum atomic E-state index is 0.307. The number of nitrogens with two attached hydrogens (primary N) is 1. The summed E-state index contributed by atoms with van der Waals surface area (Å²) in [5.41, 5.74) is 8.25. The SMILES string of the molecule is N#Cc1c(C2CCCCC2)cc(-c2ccco2)nc1N. The van der Waals surface area contributed by atoms with E-state index in [0.29, 0.717) is 28.8 Å². The number of hydrogen-bond acceptors (Lipinski definition) is 4. The first-order chi connectivity index (χ1) is 9.79. The van der Waals surface area contributed by atoms with Crippen LogP contribution in [-0.4, -0.2) is 4.98 Å². The number of hydrogen-bond donors (Lipinski definition) is 1. The highest BCUT2D eigenvalue weighted by Gasteiger charge is 2.22. The molecule has 0 atom stereocenters. The third-order valence-electron chi connectivity index (χ3n) is 4.01. The highest BCUT2D eigenvalue weighted by Crippen LogP contribution is 2.37. The molecule has 0 aromatic carbocycles. The van der Waals surface area contributed by atoms with E-state index in [-0.39, 0.29) is 0 Å². The molecule has 20 heavy (non-hydrogen) atoms. The lowest BCUT2D eigenvalue weighted by atomic mass is 9.82. The van der Waals surface area contributed by atoms with Crippen molar-refractivity contribution in [2.45, 2.75) is 38.0 Å². The maximum Gasteiger partial charge on any atom is 0.152 e. The van der Waals surface area contributed by atoms with Crippen LogP contribution in [-0.2, 0) is 0 Å². The van der Waals surface area contributed by atoms with Crippen LogP contribution in [0, 0.1) is 11.3 Å². The van der Waals surface area contributed by atoms with Gasteiger partial charge < -0.3 is 10.2 Å². The smallest absolute Gasteiger partial charge is 0.152 e. The Balaban J connectivity index is 2.08. The van der Waals surface area contributed by atoms with E-state index in [1.165, 1.54) is 19.3 Å². The van der Waals surface area contributed by atoms with E-state index < -0.39 is 0 Å². The summed E-state index contributed by atoms with van der Waals surface area (Å²) in [4.78, 5) is 4.30. The first-order valence-electron chi connectivity index (χ1n) is 7.04. The summed E-state index contributed by atoms with van der Waals surface area (Å²) in [6, 6.07) is 7.88. The first-order valence-corrected chi connectivity index (χ1v) is 7.04. The van der Waals surface area contributed by atoms with Gasteiger partial charge >= 0.3 is 0 Å². The van der Waals surface area contributed by atoms with Crippen LogP contribution in [0.5, 0.6) is 0 Å². The molecule has 0 radical (unpaired) electrons. The monoisotopic (exact) mass is 267 g/mol. The van der Waals surface area contributed by atoms with Crippen molar-refractivity contribution in [3.05, 3.63) is 35.6 Å². The fourth-order valence-electron chi connectivity index (χ4n) is 2.99. The van der Waals surface area contributed by atoms with Crippen molar-refractivity contribution < 1.29 is 4.42 Å². The molecule has 1 aliphatic carbocycles. The van der Waals surface area contributed by atoms with Gasteiger partial charge in [-0.2, -0.15) is 5.26 Å². The number of nitrogen functional groups attached to an aromatic ring is 1. The molecule has 1 aliphatic rings. The van der Waals surface area contributed by atoms with Crippen molar-refractivity contribution in [3.63, 3.8) is 0 Å². The van der Waals surface area contributed by atoms with Crippen molar-refractivity contribution in [2.75, 3.05) is 5.73 Å². The van der Waals surface area contributed by atoms with E-state index >= 15 is 0 Å². The summed E-state index contributed by atoms with van der Waals surface area (Å²) in [7, 11) is 0. The highest BCUT2D eigenvalue weighted by molar-refractivity contribution is 5.63. The second-order valence-corrected chi connectivity index (χ2v) is 5.28. The Morgan fingerprint density at radius 1 is 1.30 bits per heavy atom. The Labute approximate surface area is 118 Å². The molecule has 4 nitrogen and oxygen atoms in total. The van der Waals surface area contributed by atoms with E-state index in [9.17, 15) is 5.26 Å². The average molecular weight is 267 g/mol. The zero-order chi connectivity index (χ0) is 13.9. The standard InChI is InChI=1S/C16H17N3O/c17-10-13-12(11-5-2-1-3-6-11)9-14(19-16(13)18)15-7-4-8-20-15/h4,7-9,11H,1-3,5-6H2,(H2,18,19). The van der Waals surface area contributed by atoms with Gasteiger partial charge in [0.15, 0.2) is 5.76 Å². The van der Waals surface area contributed by atoms with Gasteiger partial charge in [0.1, 0.15) is 17.6 Å². The predicted octanol–water partition coefficient (Wildman–Crippen LogP) is 3.84. The molecule has 0 saturated heterocycles.